The second kappa shape index (κ2) is 9.95. The third-order valence-electron chi connectivity index (χ3n) is 6.70. The second-order valence-electron chi connectivity index (χ2n) is 9.63. The maximum Gasteiger partial charge on any atom is 0.276 e. The van der Waals surface area contributed by atoms with Crippen LogP contribution in [0, 0.1) is 5.82 Å². The van der Waals surface area contributed by atoms with E-state index < -0.39 is 11.8 Å². The van der Waals surface area contributed by atoms with Gasteiger partial charge in [-0.05, 0) is 53.6 Å². The van der Waals surface area contributed by atoms with E-state index in [-0.39, 0.29) is 24.5 Å². The summed E-state index contributed by atoms with van der Waals surface area (Å²) in [5.74, 6) is -3.41. The molecule has 0 unspecified atom stereocenters. The fourth-order valence-electron chi connectivity index (χ4n) is 4.78. The van der Waals surface area contributed by atoms with Gasteiger partial charge >= 0.3 is 0 Å². The number of nitrogens with zero attached hydrogens (tertiary/aromatic N) is 4. The van der Waals surface area contributed by atoms with Crippen LogP contribution >= 0.6 is 0 Å². The first kappa shape index (κ1) is 24.7. The van der Waals surface area contributed by atoms with Crippen LogP contribution in [-0.4, -0.2) is 50.0 Å². The van der Waals surface area contributed by atoms with Gasteiger partial charge in [0.1, 0.15) is 5.82 Å². The number of nitrogens with one attached hydrogen (secondary N) is 2. The van der Waals surface area contributed by atoms with Gasteiger partial charge in [0.2, 0.25) is 0 Å². The standard InChI is InChI=1S/C29H23F3N6O/c30-22-3-1-2-20(11-22)25-7-5-23(15-34-25)35-28(39)27-24-12-19(4-6-26(24)36-37-27)21-10-18(13-33-14-21)16-38-9-8-29(31,32)17-38/h1-7,10-15H,8-9,16-17H2,(H,35,39)(H,36,37). The summed E-state index contributed by atoms with van der Waals surface area (Å²) in [5.41, 5.74) is 5.05. The predicted molar refractivity (Wildman–Crippen MR) is 142 cm³/mol. The number of aromatic amines is 1. The van der Waals surface area contributed by atoms with E-state index in [1.807, 2.05) is 24.3 Å². The van der Waals surface area contributed by atoms with Crippen molar-refractivity contribution in [3.8, 4) is 22.4 Å². The Balaban J connectivity index is 1.20. The number of alkyl halides is 2. The number of aromatic nitrogens is 4. The number of rotatable bonds is 6. The molecule has 1 fully saturated rings. The molecule has 0 radical (unpaired) electrons. The topological polar surface area (TPSA) is 86.8 Å². The summed E-state index contributed by atoms with van der Waals surface area (Å²) in [4.78, 5) is 23.5. The van der Waals surface area contributed by atoms with Gasteiger partial charge in [-0.1, -0.05) is 18.2 Å². The van der Waals surface area contributed by atoms with Gasteiger partial charge in [-0.25, -0.2) is 13.2 Å². The van der Waals surface area contributed by atoms with E-state index in [0.29, 0.717) is 40.9 Å². The number of anilines is 1. The van der Waals surface area contributed by atoms with E-state index in [2.05, 4.69) is 25.5 Å². The Morgan fingerprint density at radius 3 is 2.67 bits per heavy atom. The zero-order valence-electron chi connectivity index (χ0n) is 20.7. The largest absolute Gasteiger partial charge is 0.319 e. The summed E-state index contributed by atoms with van der Waals surface area (Å²) in [6.07, 6.45) is 4.76. The van der Waals surface area contributed by atoms with Crippen molar-refractivity contribution in [1.82, 2.24) is 25.1 Å². The number of benzene rings is 2. The average molecular weight is 529 g/mol. The molecular weight excluding hydrogens is 505 g/mol. The Hall–Kier alpha value is -4.57. The quantitative estimate of drug-likeness (QED) is 0.286. The summed E-state index contributed by atoms with van der Waals surface area (Å²) in [6.45, 7) is 0.490. The lowest BCUT2D eigenvalue weighted by Gasteiger charge is -2.15. The number of H-pyrrole nitrogens is 1. The van der Waals surface area contributed by atoms with Crippen molar-refractivity contribution in [2.75, 3.05) is 18.4 Å². The van der Waals surface area contributed by atoms with Gasteiger partial charge in [0, 0.05) is 48.4 Å². The molecule has 7 nitrogen and oxygen atoms in total. The van der Waals surface area contributed by atoms with Crippen molar-refractivity contribution >= 4 is 22.5 Å². The Labute approximate surface area is 221 Å². The molecule has 1 aliphatic rings. The van der Waals surface area contributed by atoms with E-state index in [1.54, 1.807) is 41.6 Å². The number of carbonyl (C=O) groups excluding carboxylic acids is 1. The molecule has 2 aromatic carbocycles. The van der Waals surface area contributed by atoms with Gasteiger partial charge in [-0.2, -0.15) is 5.10 Å². The van der Waals surface area contributed by atoms with Gasteiger partial charge in [0.15, 0.2) is 5.69 Å². The normalized spacial score (nSPS) is 15.1. The van der Waals surface area contributed by atoms with Crippen LogP contribution in [0.15, 0.2) is 79.3 Å². The minimum atomic E-state index is -2.65. The van der Waals surface area contributed by atoms with E-state index in [0.717, 1.165) is 16.7 Å². The molecular formula is C29H23F3N6O. The lowest BCUT2D eigenvalue weighted by Crippen LogP contribution is -2.24. The highest BCUT2D eigenvalue weighted by Crippen LogP contribution is 2.30. The maximum absolute atomic E-state index is 13.6. The molecule has 1 aliphatic heterocycles. The van der Waals surface area contributed by atoms with Gasteiger partial charge in [-0.15, -0.1) is 0 Å². The fraction of sp³-hybridized carbons (Fsp3) is 0.172. The van der Waals surface area contributed by atoms with Gasteiger partial charge in [0.05, 0.1) is 29.6 Å². The molecule has 4 heterocycles. The first-order chi connectivity index (χ1) is 18.8. The average Bonchev–Trinajstić information content (AvgIpc) is 3.51. The minimum Gasteiger partial charge on any atom is -0.319 e. The molecule has 10 heteroatoms. The molecule has 2 N–H and O–H groups in total. The molecule has 5 aromatic rings. The third-order valence-corrected chi connectivity index (χ3v) is 6.70. The first-order valence-electron chi connectivity index (χ1n) is 12.4. The van der Waals surface area contributed by atoms with E-state index in [9.17, 15) is 18.0 Å². The minimum absolute atomic E-state index is 0.130. The summed E-state index contributed by atoms with van der Waals surface area (Å²) in [5, 5.41) is 10.5. The lowest BCUT2D eigenvalue weighted by atomic mass is 10.0. The number of carbonyl (C=O) groups is 1. The maximum atomic E-state index is 13.6. The molecule has 1 saturated heterocycles. The van der Waals surface area contributed by atoms with Crippen molar-refractivity contribution in [1.29, 1.82) is 0 Å². The smallest absolute Gasteiger partial charge is 0.276 e. The van der Waals surface area contributed by atoms with Crippen LogP contribution in [0.1, 0.15) is 22.5 Å². The predicted octanol–water partition coefficient (Wildman–Crippen LogP) is 5.92. The van der Waals surface area contributed by atoms with Gasteiger partial charge in [0.25, 0.3) is 11.8 Å². The summed E-state index contributed by atoms with van der Waals surface area (Å²) in [7, 11) is 0. The molecule has 196 valence electrons. The number of halogens is 3. The third kappa shape index (κ3) is 5.37. The van der Waals surface area contributed by atoms with Crippen molar-refractivity contribution in [2.24, 2.45) is 0 Å². The van der Waals surface area contributed by atoms with Crippen LogP contribution in [0.3, 0.4) is 0 Å². The Bertz CT molecular complexity index is 1670. The Kier molecular flexibility index (Phi) is 6.32. The highest BCUT2D eigenvalue weighted by atomic mass is 19.3. The molecule has 0 saturated carbocycles. The number of likely N-dealkylation sites (tertiary alicyclic amines) is 1. The number of fused-ring (bicyclic) bond motifs is 1. The van der Waals surface area contributed by atoms with Crippen LogP contribution in [0.25, 0.3) is 33.3 Å². The van der Waals surface area contributed by atoms with Gasteiger partial charge < -0.3 is 5.32 Å². The number of hydrogen-bond donors (Lipinski definition) is 2. The zero-order valence-corrected chi connectivity index (χ0v) is 20.7. The van der Waals surface area contributed by atoms with Crippen molar-refractivity contribution < 1.29 is 18.0 Å². The van der Waals surface area contributed by atoms with Crippen LogP contribution in [-0.2, 0) is 6.54 Å². The van der Waals surface area contributed by atoms with Crippen LogP contribution in [0.5, 0.6) is 0 Å². The monoisotopic (exact) mass is 528 g/mol. The highest BCUT2D eigenvalue weighted by Gasteiger charge is 2.37. The number of pyridine rings is 2. The van der Waals surface area contributed by atoms with Crippen molar-refractivity contribution in [3.63, 3.8) is 0 Å². The number of hydrogen-bond acceptors (Lipinski definition) is 5. The molecule has 0 atom stereocenters. The lowest BCUT2D eigenvalue weighted by molar-refractivity contribution is 0.0115. The summed E-state index contributed by atoms with van der Waals surface area (Å²) in [6, 6.07) is 17.0. The Morgan fingerprint density at radius 1 is 1.00 bits per heavy atom. The zero-order chi connectivity index (χ0) is 27.0. The highest BCUT2D eigenvalue weighted by molar-refractivity contribution is 6.11. The SMILES string of the molecule is O=C(Nc1ccc(-c2cccc(F)c2)nc1)c1n[nH]c2ccc(-c3cncc(CN4CCC(F)(F)C4)c3)cc12. The van der Waals surface area contributed by atoms with Crippen LogP contribution in [0.4, 0.5) is 18.9 Å². The van der Waals surface area contributed by atoms with Crippen molar-refractivity contribution in [3.05, 3.63) is 96.3 Å². The molecule has 0 aliphatic carbocycles. The van der Waals surface area contributed by atoms with Crippen LogP contribution < -0.4 is 5.32 Å². The van der Waals surface area contributed by atoms with E-state index in [1.165, 1.54) is 18.3 Å². The second-order valence-corrected chi connectivity index (χ2v) is 9.63. The molecule has 6 rings (SSSR count). The molecule has 3 aromatic heterocycles. The molecule has 39 heavy (non-hydrogen) atoms. The van der Waals surface area contributed by atoms with E-state index >= 15 is 0 Å². The van der Waals surface area contributed by atoms with E-state index in [4.69, 9.17) is 0 Å². The molecule has 0 bridgehead atoms. The molecule has 0 spiro atoms. The number of amides is 1. The van der Waals surface area contributed by atoms with Gasteiger partial charge in [-0.3, -0.25) is 24.8 Å². The summed E-state index contributed by atoms with van der Waals surface area (Å²) >= 11 is 0. The Morgan fingerprint density at radius 2 is 1.90 bits per heavy atom. The first-order valence-corrected chi connectivity index (χ1v) is 12.4. The summed E-state index contributed by atoms with van der Waals surface area (Å²) < 4.78 is 40.7. The van der Waals surface area contributed by atoms with Crippen LogP contribution in [0.2, 0.25) is 0 Å². The fourth-order valence-corrected chi connectivity index (χ4v) is 4.78. The molecule has 1 amide bonds. The van der Waals surface area contributed by atoms with Crippen molar-refractivity contribution in [2.45, 2.75) is 18.9 Å².